The zero-order valence-corrected chi connectivity index (χ0v) is 22.9. The van der Waals surface area contributed by atoms with Crippen LogP contribution in [0.1, 0.15) is 34.1 Å². The van der Waals surface area contributed by atoms with Crippen molar-refractivity contribution in [2.24, 2.45) is 5.92 Å². The monoisotopic (exact) mass is 540 g/mol. The summed E-state index contributed by atoms with van der Waals surface area (Å²) in [5, 5.41) is 1.01. The quantitative estimate of drug-likeness (QED) is 0.249. The Balaban J connectivity index is 2.63. The van der Waals surface area contributed by atoms with Crippen molar-refractivity contribution in [2.45, 2.75) is 46.2 Å². The fourth-order valence-electron chi connectivity index (χ4n) is 3.54. The van der Waals surface area contributed by atoms with Crippen LogP contribution in [0.2, 0.25) is 10.0 Å². The molecule has 2 rings (SSSR count). The molecular weight excluding hydrogens is 510 g/mol. The van der Waals surface area contributed by atoms with Gasteiger partial charge in [0.05, 0.1) is 24.9 Å². The van der Waals surface area contributed by atoms with Crippen LogP contribution in [0, 0.1) is 5.92 Å². The average Bonchev–Trinajstić information content (AvgIpc) is 2.83. The maximum Gasteiger partial charge on any atom is 0.328 e. The summed E-state index contributed by atoms with van der Waals surface area (Å²) < 4.78 is 4.91. The number of nitrogens with zero attached hydrogens (tertiary/aromatic N) is 1. The summed E-state index contributed by atoms with van der Waals surface area (Å²) in [6.07, 6.45) is 1.10. The molecule has 1 amide bonds. The van der Waals surface area contributed by atoms with Gasteiger partial charge in [-0.25, -0.2) is 4.79 Å². The number of hydroxylamine groups is 1. The predicted octanol–water partition coefficient (Wildman–Crippen LogP) is 4.84. The van der Waals surface area contributed by atoms with E-state index in [4.69, 9.17) is 32.8 Å². The van der Waals surface area contributed by atoms with Gasteiger partial charge < -0.3 is 14.5 Å². The van der Waals surface area contributed by atoms with E-state index in [2.05, 4.69) is 5.48 Å². The number of carbonyl (C=O) groups is 2. The number of carbonyl (C=O) groups excluding carboxylic acids is 2. The summed E-state index contributed by atoms with van der Waals surface area (Å²) in [6.45, 7) is 7.21. The number of rotatable bonds is 11. The Morgan fingerprint density at radius 3 is 2.29 bits per heavy atom. The number of nitrogens with one attached hydrogen (secondary N) is 1. The highest BCUT2D eigenvalue weighted by Gasteiger charge is 2.39. The Bertz CT molecular complexity index is 1050. The molecule has 190 valence electrons. The Hall–Kier alpha value is -2.15. The van der Waals surface area contributed by atoms with Crippen LogP contribution in [0.15, 0.2) is 48.5 Å². The Morgan fingerprint density at radius 1 is 1.09 bits per heavy atom. The van der Waals surface area contributed by atoms with E-state index in [0.29, 0.717) is 34.3 Å². The van der Waals surface area contributed by atoms with E-state index in [9.17, 15) is 14.5 Å². The number of hydrogen-bond donors (Lipinski definition) is 1. The summed E-state index contributed by atoms with van der Waals surface area (Å²) in [4.78, 5) is 46.9. The minimum atomic E-state index is -1.87. The highest BCUT2D eigenvalue weighted by Crippen LogP contribution is 2.30. The van der Waals surface area contributed by atoms with Crippen LogP contribution >= 0.6 is 31.0 Å². The molecule has 0 saturated carbocycles. The molecule has 0 aliphatic heterocycles. The molecule has 0 radical (unpaired) electrons. The van der Waals surface area contributed by atoms with Gasteiger partial charge in [0, 0.05) is 11.6 Å². The van der Waals surface area contributed by atoms with Crippen molar-refractivity contribution in [2.75, 3.05) is 18.2 Å². The van der Waals surface area contributed by atoms with Gasteiger partial charge >= 0.3 is 5.97 Å². The molecule has 3 atom stereocenters. The first kappa shape index (κ1) is 29.1. The molecule has 0 aromatic heterocycles. The summed E-state index contributed by atoms with van der Waals surface area (Å²) >= 11 is 12.3. The second-order valence-electron chi connectivity index (χ2n) is 8.15. The van der Waals surface area contributed by atoms with Gasteiger partial charge in [0.25, 0.3) is 5.91 Å². The second-order valence-corrected chi connectivity index (χ2v) is 10.7. The highest BCUT2D eigenvalue weighted by atomic mass is 35.5. The largest absolute Gasteiger partial charge is 0.630 e. The maximum atomic E-state index is 14.1. The lowest BCUT2D eigenvalue weighted by molar-refractivity contribution is -0.153. The first-order valence-corrected chi connectivity index (χ1v) is 13.5. The highest BCUT2D eigenvalue weighted by molar-refractivity contribution is 7.52. The van der Waals surface area contributed by atoms with Crippen molar-refractivity contribution in [3.63, 3.8) is 0 Å². The molecular formula is C25H31Cl2N2O5P. The molecule has 0 heterocycles. The number of amides is 1. The number of esters is 1. The number of anilines is 1. The zero-order valence-electron chi connectivity index (χ0n) is 20.5. The van der Waals surface area contributed by atoms with E-state index in [0.717, 1.165) is 0 Å². The third kappa shape index (κ3) is 7.66. The zero-order chi connectivity index (χ0) is 26.1. The van der Waals surface area contributed by atoms with E-state index >= 15 is 0 Å². The molecule has 0 aliphatic carbocycles. The normalized spacial score (nSPS) is 13.6. The number of ether oxygens (including phenoxy) is 1. The van der Waals surface area contributed by atoms with Crippen molar-refractivity contribution >= 4 is 53.8 Å². The molecule has 0 spiro atoms. The van der Waals surface area contributed by atoms with E-state index in [1.165, 1.54) is 24.1 Å². The van der Waals surface area contributed by atoms with Crippen LogP contribution in [-0.4, -0.2) is 42.5 Å². The average molecular weight is 541 g/mol. The lowest BCUT2D eigenvalue weighted by atomic mass is 10.0. The van der Waals surface area contributed by atoms with Gasteiger partial charge in [0.2, 0.25) is 0 Å². The predicted molar refractivity (Wildman–Crippen MR) is 141 cm³/mol. The molecule has 0 aliphatic rings. The van der Waals surface area contributed by atoms with Crippen molar-refractivity contribution in [3.05, 3.63) is 58.6 Å². The minimum absolute atomic E-state index is 0.213. The Morgan fingerprint density at radius 2 is 1.74 bits per heavy atom. The molecule has 7 nitrogen and oxygen atoms in total. The van der Waals surface area contributed by atoms with Gasteiger partial charge in [-0.05, 0) is 43.7 Å². The van der Waals surface area contributed by atoms with E-state index in [1.54, 1.807) is 37.3 Å². The van der Waals surface area contributed by atoms with Crippen molar-refractivity contribution < 1.29 is 24.1 Å². The summed E-state index contributed by atoms with van der Waals surface area (Å²) in [6, 6.07) is 11.4. The standard InChI is InChI=1S/C25H31Cl2N2O5P/c1-6-14-35(32)23(16(2)3)22(28-34-19-10-8-7-9-11-19)24(30)29(17(4)25(31)33-5)18-12-13-20(26)21(27)15-18/h7-13,15-17,22,28H,6,14H2,1-5H3/t17-,22-/m0/s1. The maximum absolute atomic E-state index is 14.1. The summed E-state index contributed by atoms with van der Waals surface area (Å²) in [5.41, 5.74) is 3.16. The second kappa shape index (κ2) is 13.8. The minimum Gasteiger partial charge on any atom is -0.630 e. The van der Waals surface area contributed by atoms with Gasteiger partial charge in [-0.1, -0.05) is 62.2 Å². The molecule has 0 fully saturated rings. The number of hydrogen-bond acceptors (Lipinski definition) is 6. The van der Waals surface area contributed by atoms with Crippen LogP contribution in [0.4, 0.5) is 5.69 Å². The fourth-order valence-corrected chi connectivity index (χ4v) is 5.53. The molecule has 35 heavy (non-hydrogen) atoms. The first-order chi connectivity index (χ1) is 16.6. The summed E-state index contributed by atoms with van der Waals surface area (Å²) in [7, 11) is -0.621. The van der Waals surface area contributed by atoms with Crippen LogP contribution in [-0.2, 0) is 14.3 Å². The number of halogens is 2. The lowest BCUT2D eigenvalue weighted by Crippen LogP contribution is -2.57. The van der Waals surface area contributed by atoms with Gasteiger partial charge in [-0.3, -0.25) is 9.69 Å². The van der Waals surface area contributed by atoms with Gasteiger partial charge in [0.15, 0.2) is 6.04 Å². The SMILES string of the molecule is CCC[P+]([O-])=C(C(C)C)[C@H](NOc1ccccc1)C(=O)N(c1ccc(Cl)c(Cl)c1)[C@@H](C)C(=O)OC. The van der Waals surface area contributed by atoms with Crippen LogP contribution < -0.4 is 20.1 Å². The number of benzene rings is 2. The van der Waals surface area contributed by atoms with E-state index in [-0.39, 0.29) is 10.9 Å². The Labute approximate surface area is 217 Å². The number of methoxy groups -OCH3 is 1. The van der Waals surface area contributed by atoms with E-state index in [1.807, 2.05) is 26.8 Å². The molecule has 2 aromatic rings. The summed E-state index contributed by atoms with van der Waals surface area (Å²) in [5.74, 6) is -0.909. The van der Waals surface area contributed by atoms with Crippen molar-refractivity contribution in [1.82, 2.24) is 5.48 Å². The van der Waals surface area contributed by atoms with Gasteiger partial charge in [-0.2, -0.15) is 0 Å². The fraction of sp³-hybridized carbons (Fsp3) is 0.400. The van der Waals surface area contributed by atoms with Crippen molar-refractivity contribution in [1.29, 1.82) is 0 Å². The molecule has 1 N–H and O–H groups in total. The molecule has 10 heteroatoms. The molecule has 0 bridgehead atoms. The lowest BCUT2D eigenvalue weighted by Gasteiger charge is -2.32. The topological polar surface area (TPSA) is 90.9 Å². The van der Waals surface area contributed by atoms with Gasteiger partial charge in [0.1, 0.15) is 23.2 Å². The number of para-hydroxylation sites is 1. The molecule has 1 unspecified atom stereocenters. The van der Waals surface area contributed by atoms with Crippen LogP contribution in [0.5, 0.6) is 5.75 Å². The Kier molecular flexibility index (Phi) is 11.5. The smallest absolute Gasteiger partial charge is 0.328 e. The first-order valence-electron chi connectivity index (χ1n) is 11.3. The third-order valence-corrected chi connectivity index (χ3v) is 8.18. The van der Waals surface area contributed by atoms with Crippen molar-refractivity contribution in [3.8, 4) is 5.75 Å². The van der Waals surface area contributed by atoms with Gasteiger partial charge in [-0.15, -0.1) is 5.48 Å². The third-order valence-electron chi connectivity index (χ3n) is 5.24. The molecule has 0 saturated heterocycles. The van der Waals surface area contributed by atoms with E-state index < -0.39 is 31.7 Å². The van der Waals surface area contributed by atoms with Crippen LogP contribution in [0.3, 0.4) is 0 Å². The molecule has 2 aromatic carbocycles. The van der Waals surface area contributed by atoms with Crippen LogP contribution in [0.25, 0.3) is 0 Å².